The minimum Gasteiger partial charge on any atom is -0.465 e. The molecule has 4 fully saturated rings. The van der Waals surface area contributed by atoms with Crippen molar-refractivity contribution in [3.63, 3.8) is 0 Å². The van der Waals surface area contributed by atoms with E-state index in [1.54, 1.807) is 6.92 Å². The van der Waals surface area contributed by atoms with Crippen molar-refractivity contribution in [2.75, 3.05) is 5.32 Å². The van der Waals surface area contributed by atoms with E-state index in [1.807, 2.05) is 6.92 Å². The van der Waals surface area contributed by atoms with Crippen LogP contribution in [0.15, 0.2) is 35.3 Å². The van der Waals surface area contributed by atoms with E-state index in [1.165, 1.54) is 18.3 Å². The van der Waals surface area contributed by atoms with Gasteiger partial charge in [0.1, 0.15) is 23.1 Å². The Balaban J connectivity index is 1.24. The van der Waals surface area contributed by atoms with Crippen LogP contribution in [-0.2, 0) is 32.4 Å². The Labute approximate surface area is 264 Å². The molecule has 1 saturated heterocycles. The van der Waals surface area contributed by atoms with Gasteiger partial charge >= 0.3 is 19.4 Å². The van der Waals surface area contributed by atoms with Crippen LogP contribution in [0.1, 0.15) is 83.3 Å². The number of amides is 2. The van der Waals surface area contributed by atoms with E-state index in [0.717, 1.165) is 29.5 Å². The molecule has 3 heterocycles. The number of aromatic nitrogens is 2. The van der Waals surface area contributed by atoms with Crippen LogP contribution in [0.4, 0.5) is 23.7 Å². The number of anilines is 1. The zero-order chi connectivity index (χ0) is 33.4. The first-order valence-electron chi connectivity index (χ1n) is 15.6. The molecular weight excluding hydrogens is 606 g/mol. The molecule has 0 unspecified atom stereocenters. The number of hydrogen-bond donors (Lipinski definition) is 4. The molecule has 3 saturated carbocycles. The molecule has 2 aromatic rings. The fourth-order valence-corrected chi connectivity index (χ4v) is 8.18. The van der Waals surface area contributed by atoms with Gasteiger partial charge in [-0.15, -0.1) is 0 Å². The number of nitrogens with one attached hydrogen (secondary N) is 3. The number of halogens is 3. The molecule has 15 heteroatoms. The molecule has 7 atom stereocenters. The summed E-state index contributed by atoms with van der Waals surface area (Å²) in [6.07, 6.45) is -2.42. The molecule has 2 amide bonds. The molecule has 4 N–H and O–H groups in total. The molecule has 7 rings (SSSR count). The highest BCUT2D eigenvalue weighted by molar-refractivity contribution is 6.47. The number of nitrogens with zero attached hydrogens (tertiary/aromatic N) is 2. The van der Waals surface area contributed by atoms with Gasteiger partial charge in [-0.25, -0.2) is 9.78 Å². The number of alkyl halides is 3. The summed E-state index contributed by atoms with van der Waals surface area (Å²) in [5.41, 5.74) is -2.96. The third-order valence-corrected chi connectivity index (χ3v) is 10.9. The zero-order valence-electron chi connectivity index (χ0n) is 26.4. The summed E-state index contributed by atoms with van der Waals surface area (Å²) in [6, 6.07) is 3.57. The van der Waals surface area contributed by atoms with Gasteiger partial charge < -0.3 is 30.4 Å². The highest BCUT2D eigenvalue weighted by Gasteiger charge is 2.68. The van der Waals surface area contributed by atoms with Crippen LogP contribution >= 0.6 is 0 Å². The lowest BCUT2D eigenvalue weighted by Crippen LogP contribution is -2.65. The Bertz CT molecular complexity index is 1620. The quantitative estimate of drug-likeness (QED) is 0.308. The normalized spacial score (nSPS) is 31.3. The first-order chi connectivity index (χ1) is 21.5. The van der Waals surface area contributed by atoms with Gasteiger partial charge in [0.25, 0.3) is 5.56 Å². The summed E-state index contributed by atoms with van der Waals surface area (Å²) in [5.74, 6) is -0.133. The molecule has 46 heavy (non-hydrogen) atoms. The fourth-order valence-electron chi connectivity index (χ4n) is 8.18. The number of hydrogen-bond acceptors (Lipinski definition) is 7. The van der Waals surface area contributed by atoms with Crippen molar-refractivity contribution in [1.82, 2.24) is 20.2 Å². The van der Waals surface area contributed by atoms with Crippen molar-refractivity contribution in [2.45, 2.75) is 102 Å². The molecule has 11 nitrogen and oxygen atoms in total. The Morgan fingerprint density at radius 2 is 1.96 bits per heavy atom. The standard InChI is InChI=1S/C31H39BF3N5O6/c1-6-23(32-45-22-12-18-11-21(28(18,2)3)30(22,5)46-32)38-24(41)20-13-29(4,39-27(43)44)26-37-15-19(25(42)40(20)26)36-14-16-8-7-9-17(10-16)31(33,34)35/h7-10,15,18,20-23,36,39H,6,11-14H2,1-5H3,(H,38,41)(H,43,44)/t18-,20-,21-,22+,23-,29+,30-/m0/s1. The van der Waals surface area contributed by atoms with Gasteiger partial charge in [0.2, 0.25) is 5.91 Å². The topological polar surface area (TPSA) is 144 Å². The first-order valence-corrected chi connectivity index (χ1v) is 15.6. The second kappa shape index (κ2) is 11.0. The van der Waals surface area contributed by atoms with Crippen molar-refractivity contribution in [1.29, 1.82) is 0 Å². The second-order valence-corrected chi connectivity index (χ2v) is 14.1. The summed E-state index contributed by atoms with van der Waals surface area (Å²) in [4.78, 5) is 43.8. The van der Waals surface area contributed by atoms with Gasteiger partial charge in [0, 0.05) is 13.0 Å². The molecule has 248 valence electrons. The maximum absolute atomic E-state index is 13.9. The zero-order valence-corrected chi connectivity index (χ0v) is 26.4. The maximum Gasteiger partial charge on any atom is 0.481 e. The minimum atomic E-state index is -4.52. The number of carbonyl (C=O) groups is 2. The van der Waals surface area contributed by atoms with Gasteiger partial charge in [-0.05, 0) is 68.1 Å². The van der Waals surface area contributed by atoms with E-state index in [0.29, 0.717) is 18.3 Å². The van der Waals surface area contributed by atoms with Crippen LogP contribution in [0, 0.1) is 17.3 Å². The monoisotopic (exact) mass is 645 g/mol. The summed E-state index contributed by atoms with van der Waals surface area (Å²) in [6.45, 7) is 9.93. The van der Waals surface area contributed by atoms with Gasteiger partial charge in [-0.3, -0.25) is 14.2 Å². The molecule has 2 aliphatic heterocycles. The molecule has 0 radical (unpaired) electrons. The number of carbonyl (C=O) groups excluding carboxylic acids is 1. The van der Waals surface area contributed by atoms with E-state index < -0.39 is 59.5 Å². The number of benzene rings is 1. The van der Waals surface area contributed by atoms with Crippen LogP contribution in [0.3, 0.4) is 0 Å². The van der Waals surface area contributed by atoms with E-state index in [2.05, 4.69) is 41.7 Å². The molecular formula is C31H39BF3N5O6. The van der Waals surface area contributed by atoms with Crippen molar-refractivity contribution >= 4 is 24.8 Å². The van der Waals surface area contributed by atoms with E-state index in [9.17, 15) is 32.7 Å². The van der Waals surface area contributed by atoms with Crippen LogP contribution in [0.5, 0.6) is 0 Å². The number of fused-ring (bicyclic) bond motifs is 1. The molecule has 5 aliphatic rings. The Morgan fingerprint density at radius 3 is 2.61 bits per heavy atom. The predicted octanol–water partition coefficient (Wildman–Crippen LogP) is 4.46. The van der Waals surface area contributed by atoms with Crippen LogP contribution < -0.4 is 21.5 Å². The molecule has 3 aliphatic carbocycles. The highest BCUT2D eigenvalue weighted by Crippen LogP contribution is 2.65. The largest absolute Gasteiger partial charge is 0.481 e. The highest BCUT2D eigenvalue weighted by atomic mass is 19.4. The third-order valence-electron chi connectivity index (χ3n) is 10.9. The molecule has 1 aromatic carbocycles. The van der Waals surface area contributed by atoms with E-state index in [4.69, 9.17) is 9.31 Å². The lowest BCUT2D eigenvalue weighted by Gasteiger charge is -2.64. The Kier molecular flexibility index (Phi) is 7.74. The van der Waals surface area contributed by atoms with Gasteiger partial charge in [0.15, 0.2) is 0 Å². The van der Waals surface area contributed by atoms with Crippen LogP contribution in [-0.4, -0.2) is 51.4 Å². The van der Waals surface area contributed by atoms with Crippen LogP contribution in [0.25, 0.3) is 0 Å². The predicted molar refractivity (Wildman–Crippen MR) is 162 cm³/mol. The van der Waals surface area contributed by atoms with Gasteiger partial charge in [-0.1, -0.05) is 32.9 Å². The SMILES string of the molecule is CC[C@H](NC(=O)[C@@H]1C[C@@](C)(NC(=O)O)c2ncc(NCc3cccc(C(F)(F)F)c3)c(=O)n21)B1O[C@@H]2C[C@@H]3C[C@@H](C3(C)C)[C@]2(C)O1. The van der Waals surface area contributed by atoms with Crippen LogP contribution in [0.2, 0.25) is 0 Å². The first kappa shape index (κ1) is 32.4. The van der Waals surface area contributed by atoms with Crippen molar-refractivity contribution in [3.05, 3.63) is 57.8 Å². The lowest BCUT2D eigenvalue weighted by atomic mass is 9.43. The lowest BCUT2D eigenvalue weighted by molar-refractivity contribution is -0.199. The van der Waals surface area contributed by atoms with Gasteiger partial charge in [0.05, 0.1) is 29.4 Å². The summed E-state index contributed by atoms with van der Waals surface area (Å²) in [7, 11) is -0.696. The average molecular weight is 645 g/mol. The van der Waals surface area contributed by atoms with E-state index >= 15 is 0 Å². The Hall–Kier alpha value is -3.59. The second-order valence-electron chi connectivity index (χ2n) is 14.1. The maximum atomic E-state index is 13.9. The summed E-state index contributed by atoms with van der Waals surface area (Å²) in [5, 5.41) is 17.8. The van der Waals surface area contributed by atoms with Gasteiger partial charge in [-0.2, -0.15) is 13.2 Å². The summed E-state index contributed by atoms with van der Waals surface area (Å²) < 4.78 is 53.7. The van der Waals surface area contributed by atoms with E-state index in [-0.39, 0.29) is 41.6 Å². The minimum absolute atomic E-state index is 0.0478. The number of rotatable bonds is 8. The fraction of sp³-hybridized carbons (Fsp3) is 0.613. The Morgan fingerprint density at radius 1 is 1.22 bits per heavy atom. The molecule has 0 spiro atoms. The molecule has 1 aromatic heterocycles. The summed E-state index contributed by atoms with van der Waals surface area (Å²) >= 11 is 0. The van der Waals surface area contributed by atoms with Crippen molar-refractivity contribution in [3.8, 4) is 0 Å². The van der Waals surface area contributed by atoms with Crippen molar-refractivity contribution in [2.24, 2.45) is 17.3 Å². The smallest absolute Gasteiger partial charge is 0.465 e. The van der Waals surface area contributed by atoms with Crippen molar-refractivity contribution < 1.29 is 37.2 Å². The average Bonchev–Trinajstić information content (AvgIpc) is 3.48. The molecule has 2 bridgehead atoms. The number of carboxylic acid groups (broad SMARTS) is 1. The third kappa shape index (κ3) is 5.24.